The lowest BCUT2D eigenvalue weighted by atomic mass is 9.91. The maximum atomic E-state index is 13.3. The number of nitrogens with one attached hydrogen (secondary N) is 1. The van der Waals surface area contributed by atoms with E-state index in [-0.39, 0.29) is 6.61 Å². The first kappa shape index (κ1) is 27.0. The molecule has 0 unspecified atom stereocenters. The number of hydrogen-bond donors (Lipinski definition) is 1. The molecule has 0 fully saturated rings. The molecule has 0 radical (unpaired) electrons. The number of rotatable bonds is 7. The van der Waals surface area contributed by atoms with Crippen molar-refractivity contribution in [1.29, 1.82) is 0 Å². The lowest BCUT2D eigenvalue weighted by molar-refractivity contribution is -0.150. The Kier molecular flexibility index (Phi) is 7.67. The van der Waals surface area contributed by atoms with Crippen molar-refractivity contribution in [2.75, 3.05) is 20.8 Å². The summed E-state index contributed by atoms with van der Waals surface area (Å²) in [5.41, 5.74) is 4.02. The van der Waals surface area contributed by atoms with Crippen LogP contribution in [0.4, 0.5) is 4.79 Å². The standard InChI is InChI=1S/C31H35NO6/c1-7-37-28(33)31(32-29(34)38-30(2,3)4)18-22-16-26(20-8-12-24(35-5)13-9-20)27(17-23(22)19-31)21-10-14-25(36-6)15-11-21/h8-17H,7,18-19H2,1-6H3,(H,32,34). The van der Waals surface area contributed by atoms with Crippen LogP contribution in [-0.2, 0) is 27.1 Å². The molecule has 0 saturated carbocycles. The van der Waals surface area contributed by atoms with Crippen LogP contribution >= 0.6 is 0 Å². The monoisotopic (exact) mass is 517 g/mol. The molecular formula is C31H35NO6. The average molecular weight is 518 g/mol. The van der Waals surface area contributed by atoms with E-state index in [1.165, 1.54) is 0 Å². The number of carbonyl (C=O) groups excluding carboxylic acids is 2. The summed E-state index contributed by atoms with van der Waals surface area (Å²) in [7, 11) is 3.28. The van der Waals surface area contributed by atoms with Crippen LogP contribution in [0, 0.1) is 0 Å². The van der Waals surface area contributed by atoms with Gasteiger partial charge < -0.3 is 24.3 Å². The van der Waals surface area contributed by atoms with Crippen molar-refractivity contribution in [3.63, 3.8) is 0 Å². The maximum absolute atomic E-state index is 13.3. The molecule has 3 aromatic rings. The molecule has 0 aliphatic heterocycles. The second-order valence-electron chi connectivity index (χ2n) is 10.4. The lowest BCUT2D eigenvalue weighted by Gasteiger charge is -2.29. The molecule has 1 aliphatic carbocycles. The molecule has 0 atom stereocenters. The van der Waals surface area contributed by atoms with Crippen molar-refractivity contribution < 1.29 is 28.5 Å². The van der Waals surface area contributed by atoms with Gasteiger partial charge in [-0.3, -0.25) is 0 Å². The van der Waals surface area contributed by atoms with Gasteiger partial charge in [-0.15, -0.1) is 0 Å². The van der Waals surface area contributed by atoms with E-state index in [1.54, 1.807) is 41.9 Å². The second kappa shape index (κ2) is 10.8. The Labute approximate surface area is 224 Å². The number of benzene rings is 3. The first-order chi connectivity index (χ1) is 18.1. The van der Waals surface area contributed by atoms with Gasteiger partial charge in [0.1, 0.15) is 22.6 Å². The number of ether oxygens (including phenoxy) is 4. The largest absolute Gasteiger partial charge is 0.497 e. The third kappa shape index (κ3) is 5.77. The third-order valence-corrected chi connectivity index (χ3v) is 6.53. The molecule has 4 rings (SSSR count). The molecule has 7 heteroatoms. The highest BCUT2D eigenvalue weighted by molar-refractivity contribution is 5.90. The van der Waals surface area contributed by atoms with E-state index >= 15 is 0 Å². The molecule has 1 aliphatic rings. The smallest absolute Gasteiger partial charge is 0.408 e. The van der Waals surface area contributed by atoms with Crippen molar-refractivity contribution >= 4 is 12.1 Å². The van der Waals surface area contributed by atoms with Gasteiger partial charge in [0.25, 0.3) is 0 Å². The maximum Gasteiger partial charge on any atom is 0.408 e. The predicted octanol–water partition coefficient (Wildman–Crippen LogP) is 5.96. The molecule has 200 valence electrons. The van der Waals surface area contributed by atoms with Gasteiger partial charge in [0.15, 0.2) is 0 Å². The van der Waals surface area contributed by atoms with Gasteiger partial charge >= 0.3 is 12.1 Å². The summed E-state index contributed by atoms with van der Waals surface area (Å²) in [5, 5.41) is 2.86. The highest BCUT2D eigenvalue weighted by Crippen LogP contribution is 2.41. The van der Waals surface area contributed by atoms with Gasteiger partial charge in [0.05, 0.1) is 20.8 Å². The summed E-state index contributed by atoms with van der Waals surface area (Å²) in [6.07, 6.45) is -0.0528. The summed E-state index contributed by atoms with van der Waals surface area (Å²) < 4.78 is 21.6. The van der Waals surface area contributed by atoms with Gasteiger partial charge in [0.2, 0.25) is 0 Å². The lowest BCUT2D eigenvalue weighted by Crippen LogP contribution is -2.57. The predicted molar refractivity (Wildman–Crippen MR) is 147 cm³/mol. The minimum atomic E-state index is -1.25. The Hall–Kier alpha value is -4.00. The Bertz CT molecular complexity index is 1230. The Morgan fingerprint density at radius 1 is 0.816 bits per heavy atom. The first-order valence-electron chi connectivity index (χ1n) is 12.7. The van der Waals surface area contributed by atoms with Crippen molar-refractivity contribution in [3.05, 3.63) is 71.8 Å². The first-order valence-corrected chi connectivity index (χ1v) is 12.7. The molecule has 0 bridgehead atoms. The highest BCUT2D eigenvalue weighted by Gasteiger charge is 2.47. The summed E-state index contributed by atoms with van der Waals surface area (Å²) in [6.45, 7) is 7.33. The molecule has 1 amide bonds. The quantitative estimate of drug-likeness (QED) is 0.389. The molecule has 3 aromatic carbocycles. The van der Waals surface area contributed by atoms with E-state index in [1.807, 2.05) is 48.5 Å². The Morgan fingerprint density at radius 3 is 1.63 bits per heavy atom. The van der Waals surface area contributed by atoms with Crippen LogP contribution in [-0.4, -0.2) is 44.0 Å². The molecule has 0 spiro atoms. The fourth-order valence-corrected chi connectivity index (χ4v) is 4.80. The minimum absolute atomic E-state index is 0.209. The Morgan fingerprint density at radius 2 is 1.26 bits per heavy atom. The van der Waals surface area contributed by atoms with Crippen LogP contribution < -0.4 is 14.8 Å². The topological polar surface area (TPSA) is 83.1 Å². The van der Waals surface area contributed by atoms with E-state index in [0.717, 1.165) is 44.9 Å². The third-order valence-electron chi connectivity index (χ3n) is 6.53. The number of alkyl carbamates (subject to hydrolysis) is 1. The molecule has 0 aromatic heterocycles. The summed E-state index contributed by atoms with van der Waals surface area (Å²) in [6, 6.07) is 20.0. The van der Waals surface area contributed by atoms with E-state index < -0.39 is 23.2 Å². The summed E-state index contributed by atoms with van der Waals surface area (Å²) in [4.78, 5) is 26.1. The van der Waals surface area contributed by atoms with Gasteiger partial charge in [-0.2, -0.15) is 0 Å². The summed E-state index contributed by atoms with van der Waals surface area (Å²) in [5.74, 6) is 1.06. The highest BCUT2D eigenvalue weighted by atomic mass is 16.6. The van der Waals surface area contributed by atoms with Crippen LogP contribution in [0.5, 0.6) is 11.5 Å². The zero-order valence-corrected chi connectivity index (χ0v) is 22.8. The molecule has 0 saturated heterocycles. The van der Waals surface area contributed by atoms with Gasteiger partial charge in [-0.05, 0) is 85.3 Å². The molecular weight excluding hydrogens is 482 g/mol. The van der Waals surface area contributed by atoms with Crippen LogP contribution in [0.2, 0.25) is 0 Å². The van der Waals surface area contributed by atoms with Gasteiger partial charge in [0, 0.05) is 12.8 Å². The summed E-state index contributed by atoms with van der Waals surface area (Å²) >= 11 is 0. The minimum Gasteiger partial charge on any atom is -0.497 e. The number of methoxy groups -OCH3 is 2. The van der Waals surface area contributed by atoms with Crippen LogP contribution in [0.15, 0.2) is 60.7 Å². The number of hydrogen-bond acceptors (Lipinski definition) is 6. The molecule has 7 nitrogen and oxygen atoms in total. The number of amides is 1. The van der Waals surface area contributed by atoms with E-state index in [2.05, 4.69) is 17.4 Å². The number of carbonyl (C=O) groups is 2. The van der Waals surface area contributed by atoms with E-state index in [4.69, 9.17) is 18.9 Å². The van der Waals surface area contributed by atoms with Gasteiger partial charge in [-0.1, -0.05) is 36.4 Å². The Balaban J connectivity index is 1.80. The van der Waals surface area contributed by atoms with Crippen molar-refractivity contribution in [2.24, 2.45) is 0 Å². The zero-order chi connectivity index (χ0) is 27.5. The van der Waals surface area contributed by atoms with Crippen molar-refractivity contribution in [2.45, 2.75) is 51.7 Å². The molecule has 0 heterocycles. The van der Waals surface area contributed by atoms with Crippen molar-refractivity contribution in [1.82, 2.24) is 5.32 Å². The SMILES string of the molecule is CCOC(=O)C1(NC(=O)OC(C)(C)C)Cc2cc(-c3ccc(OC)cc3)c(-c3ccc(OC)cc3)cc2C1. The fraction of sp³-hybridized carbons (Fsp3) is 0.355. The van der Waals surface area contributed by atoms with Gasteiger partial charge in [-0.25, -0.2) is 9.59 Å². The van der Waals surface area contributed by atoms with Crippen LogP contribution in [0.3, 0.4) is 0 Å². The molecule has 38 heavy (non-hydrogen) atoms. The average Bonchev–Trinajstić information content (AvgIpc) is 3.25. The second-order valence-corrected chi connectivity index (χ2v) is 10.4. The van der Waals surface area contributed by atoms with E-state index in [9.17, 15) is 9.59 Å². The van der Waals surface area contributed by atoms with Crippen LogP contribution in [0.25, 0.3) is 22.3 Å². The van der Waals surface area contributed by atoms with E-state index in [0.29, 0.717) is 12.8 Å². The van der Waals surface area contributed by atoms with Crippen molar-refractivity contribution in [3.8, 4) is 33.8 Å². The fourth-order valence-electron chi connectivity index (χ4n) is 4.80. The zero-order valence-electron chi connectivity index (χ0n) is 22.8. The molecule has 1 N–H and O–H groups in total. The number of fused-ring (bicyclic) bond motifs is 1. The van der Waals surface area contributed by atoms with Crippen LogP contribution in [0.1, 0.15) is 38.8 Å². The normalized spacial score (nSPS) is 13.8. The number of esters is 1.